The first-order valence-electron chi connectivity index (χ1n) is 8.90. The average Bonchev–Trinajstić information content (AvgIpc) is 3.30. The lowest BCUT2D eigenvalue weighted by molar-refractivity contribution is 0.0601. The summed E-state index contributed by atoms with van der Waals surface area (Å²) in [6.45, 7) is 4.47. The topological polar surface area (TPSA) is 53.4 Å². The molecule has 28 heavy (non-hydrogen) atoms. The number of rotatable bonds is 5. The number of imidazole rings is 1. The van der Waals surface area contributed by atoms with Gasteiger partial charge in [-0.15, -0.1) is 11.3 Å². The first-order valence-corrected chi connectivity index (χ1v) is 9.72. The Morgan fingerprint density at radius 1 is 1.14 bits per heavy atom. The highest BCUT2D eigenvalue weighted by molar-refractivity contribution is 7.16. The molecule has 0 atom stereocenters. The second-order valence-electron chi connectivity index (χ2n) is 6.59. The first kappa shape index (κ1) is 18.3. The second kappa shape index (κ2) is 7.48. The molecular formula is C22H20N2O3S. The Balaban J connectivity index is 1.72. The van der Waals surface area contributed by atoms with Gasteiger partial charge in [0.15, 0.2) is 4.88 Å². The van der Waals surface area contributed by atoms with E-state index in [0.717, 1.165) is 32.7 Å². The van der Waals surface area contributed by atoms with Gasteiger partial charge in [0, 0.05) is 6.07 Å². The number of ether oxygens (including phenoxy) is 2. The lowest BCUT2D eigenvalue weighted by atomic mass is 10.1. The molecule has 0 bridgehead atoms. The molecule has 0 aliphatic heterocycles. The van der Waals surface area contributed by atoms with Crippen LogP contribution in [0.3, 0.4) is 0 Å². The average molecular weight is 392 g/mol. The molecule has 0 amide bonds. The van der Waals surface area contributed by atoms with Gasteiger partial charge in [-0.1, -0.05) is 30.3 Å². The van der Waals surface area contributed by atoms with Gasteiger partial charge in [0.05, 0.1) is 18.1 Å². The lowest BCUT2D eigenvalue weighted by Crippen LogP contribution is -2.03. The third-order valence-corrected chi connectivity index (χ3v) is 5.74. The van der Waals surface area contributed by atoms with Crippen molar-refractivity contribution in [2.75, 3.05) is 7.11 Å². The van der Waals surface area contributed by atoms with Gasteiger partial charge < -0.3 is 9.47 Å². The quantitative estimate of drug-likeness (QED) is 0.445. The number of aryl methyl sites for hydroxylation is 2. The molecule has 2 aromatic carbocycles. The van der Waals surface area contributed by atoms with Crippen molar-refractivity contribution in [1.29, 1.82) is 0 Å². The smallest absolute Gasteiger partial charge is 0.351 e. The maximum atomic E-state index is 12.3. The van der Waals surface area contributed by atoms with Crippen molar-refractivity contribution < 1.29 is 14.3 Å². The number of esters is 1. The van der Waals surface area contributed by atoms with Crippen molar-refractivity contribution in [3.63, 3.8) is 0 Å². The molecule has 0 aliphatic carbocycles. The number of aromatic nitrogens is 2. The number of hydrogen-bond acceptors (Lipinski definition) is 5. The van der Waals surface area contributed by atoms with E-state index in [4.69, 9.17) is 9.47 Å². The Labute approximate surface area is 167 Å². The molecule has 0 N–H and O–H groups in total. The molecule has 142 valence electrons. The monoisotopic (exact) mass is 392 g/mol. The summed E-state index contributed by atoms with van der Waals surface area (Å²) in [6, 6.07) is 16.0. The highest BCUT2D eigenvalue weighted by atomic mass is 32.1. The SMILES string of the molecule is COC(=O)c1sc(-n2cnc3ccc(C)cc32)cc1OCc1ccccc1C. The van der Waals surface area contributed by atoms with E-state index in [9.17, 15) is 4.79 Å². The molecule has 2 aromatic heterocycles. The number of carbonyl (C=O) groups is 1. The zero-order chi connectivity index (χ0) is 19.7. The maximum absolute atomic E-state index is 12.3. The van der Waals surface area contributed by atoms with Gasteiger partial charge in [-0.25, -0.2) is 9.78 Å². The number of hydrogen-bond donors (Lipinski definition) is 0. The second-order valence-corrected chi connectivity index (χ2v) is 7.62. The molecule has 5 nitrogen and oxygen atoms in total. The molecule has 4 rings (SSSR count). The molecule has 0 saturated heterocycles. The van der Waals surface area contributed by atoms with Crippen LogP contribution in [0.4, 0.5) is 0 Å². The number of thiophene rings is 1. The Bertz CT molecular complexity index is 1160. The number of methoxy groups -OCH3 is 1. The largest absolute Gasteiger partial charge is 0.487 e. The molecule has 0 spiro atoms. The predicted molar refractivity (Wildman–Crippen MR) is 111 cm³/mol. The van der Waals surface area contributed by atoms with Gasteiger partial charge in [-0.05, 0) is 42.7 Å². The van der Waals surface area contributed by atoms with Crippen LogP contribution in [-0.4, -0.2) is 22.6 Å². The fraction of sp³-hybridized carbons (Fsp3) is 0.182. The summed E-state index contributed by atoms with van der Waals surface area (Å²) in [5.74, 6) is 0.112. The van der Waals surface area contributed by atoms with Gasteiger partial charge in [-0.3, -0.25) is 4.57 Å². The Morgan fingerprint density at radius 2 is 1.96 bits per heavy atom. The van der Waals surface area contributed by atoms with Crippen molar-refractivity contribution in [1.82, 2.24) is 9.55 Å². The number of fused-ring (bicyclic) bond motifs is 1. The van der Waals surface area contributed by atoms with E-state index in [0.29, 0.717) is 17.2 Å². The lowest BCUT2D eigenvalue weighted by Gasteiger charge is -2.08. The van der Waals surface area contributed by atoms with Crippen molar-refractivity contribution in [2.24, 2.45) is 0 Å². The van der Waals surface area contributed by atoms with Gasteiger partial charge in [0.2, 0.25) is 0 Å². The fourth-order valence-corrected chi connectivity index (χ4v) is 4.05. The van der Waals surface area contributed by atoms with Crippen LogP contribution < -0.4 is 4.74 Å². The third kappa shape index (κ3) is 3.39. The van der Waals surface area contributed by atoms with Crippen LogP contribution in [0.25, 0.3) is 16.0 Å². The molecule has 0 saturated carbocycles. The number of carbonyl (C=O) groups excluding carboxylic acids is 1. The van der Waals surface area contributed by atoms with Crippen molar-refractivity contribution >= 4 is 28.3 Å². The van der Waals surface area contributed by atoms with E-state index in [1.165, 1.54) is 18.4 Å². The van der Waals surface area contributed by atoms with Crippen molar-refractivity contribution in [3.05, 3.63) is 76.4 Å². The minimum absolute atomic E-state index is 0.386. The van der Waals surface area contributed by atoms with Crippen LogP contribution >= 0.6 is 11.3 Å². The minimum atomic E-state index is -0.406. The fourth-order valence-electron chi connectivity index (χ4n) is 3.04. The van der Waals surface area contributed by atoms with Gasteiger partial charge in [0.1, 0.15) is 23.7 Å². The molecule has 2 heterocycles. The van der Waals surface area contributed by atoms with Gasteiger partial charge >= 0.3 is 5.97 Å². The summed E-state index contributed by atoms with van der Waals surface area (Å²) >= 11 is 1.33. The molecular weight excluding hydrogens is 372 g/mol. The van der Waals surface area contributed by atoms with Crippen LogP contribution in [0.2, 0.25) is 0 Å². The zero-order valence-electron chi connectivity index (χ0n) is 15.9. The summed E-state index contributed by atoms with van der Waals surface area (Å²) in [5, 5.41) is 0.855. The molecule has 0 aliphatic rings. The third-order valence-electron chi connectivity index (χ3n) is 4.64. The number of benzene rings is 2. The Kier molecular flexibility index (Phi) is 4.88. The highest BCUT2D eigenvalue weighted by Gasteiger charge is 2.20. The van der Waals surface area contributed by atoms with Crippen LogP contribution in [0, 0.1) is 13.8 Å². The summed E-state index contributed by atoms with van der Waals surface area (Å²) in [5.41, 5.74) is 5.27. The van der Waals surface area contributed by atoms with Gasteiger partial charge in [-0.2, -0.15) is 0 Å². The minimum Gasteiger partial charge on any atom is -0.487 e. The standard InChI is InChI=1S/C22H20N2O3S/c1-14-8-9-17-18(10-14)24(13-23-17)20-11-19(21(28-20)22(25)26-3)27-12-16-7-5-4-6-15(16)2/h4-11,13H,12H2,1-3H3. The van der Waals surface area contributed by atoms with Crippen LogP contribution in [0.15, 0.2) is 54.9 Å². The van der Waals surface area contributed by atoms with E-state index in [2.05, 4.69) is 11.1 Å². The van der Waals surface area contributed by atoms with Crippen LogP contribution in [0.5, 0.6) is 5.75 Å². The molecule has 0 fully saturated rings. The molecule has 0 radical (unpaired) electrons. The summed E-state index contributed by atoms with van der Waals surface area (Å²) in [7, 11) is 1.38. The summed E-state index contributed by atoms with van der Waals surface area (Å²) in [6.07, 6.45) is 1.77. The zero-order valence-corrected chi connectivity index (χ0v) is 16.7. The van der Waals surface area contributed by atoms with Gasteiger partial charge in [0.25, 0.3) is 0 Å². The maximum Gasteiger partial charge on any atom is 0.351 e. The van der Waals surface area contributed by atoms with E-state index < -0.39 is 5.97 Å². The summed E-state index contributed by atoms with van der Waals surface area (Å²) < 4.78 is 12.9. The Hall–Kier alpha value is -3.12. The van der Waals surface area contributed by atoms with Crippen LogP contribution in [0.1, 0.15) is 26.4 Å². The van der Waals surface area contributed by atoms with E-state index >= 15 is 0 Å². The van der Waals surface area contributed by atoms with Crippen molar-refractivity contribution in [2.45, 2.75) is 20.5 Å². The van der Waals surface area contributed by atoms with E-state index in [1.807, 2.05) is 60.9 Å². The van der Waals surface area contributed by atoms with E-state index in [-0.39, 0.29) is 0 Å². The molecule has 0 unspecified atom stereocenters. The molecule has 6 heteroatoms. The predicted octanol–water partition coefficient (Wildman–Crippen LogP) is 5.07. The Morgan fingerprint density at radius 3 is 2.75 bits per heavy atom. The van der Waals surface area contributed by atoms with Crippen molar-refractivity contribution in [3.8, 4) is 10.8 Å². The highest BCUT2D eigenvalue weighted by Crippen LogP contribution is 2.35. The summed E-state index contributed by atoms with van der Waals surface area (Å²) in [4.78, 5) is 17.2. The normalized spacial score (nSPS) is 11.0. The molecule has 4 aromatic rings. The van der Waals surface area contributed by atoms with E-state index in [1.54, 1.807) is 6.33 Å². The number of nitrogens with zero attached hydrogens (tertiary/aromatic N) is 2. The van der Waals surface area contributed by atoms with Crippen LogP contribution in [-0.2, 0) is 11.3 Å². The first-order chi connectivity index (χ1) is 13.6.